The Morgan fingerprint density at radius 2 is 1.74 bits per heavy atom. The number of carbonyl (C=O) groups excluding carboxylic acids is 3. The molecule has 3 aromatic rings. The second-order valence-electron chi connectivity index (χ2n) is 8.26. The molecular weight excluding hydrogens is 436 g/mol. The quantitative estimate of drug-likeness (QED) is 0.346. The van der Waals surface area contributed by atoms with Crippen molar-refractivity contribution in [2.24, 2.45) is 5.92 Å². The Hall–Kier alpha value is -4.15. The first-order chi connectivity index (χ1) is 16.1. The largest absolute Gasteiger partial charge is 0.382 e. The van der Waals surface area contributed by atoms with Crippen molar-refractivity contribution in [2.45, 2.75) is 46.2 Å². The summed E-state index contributed by atoms with van der Waals surface area (Å²) in [7, 11) is 0. The van der Waals surface area contributed by atoms with E-state index in [0.717, 1.165) is 5.69 Å². The van der Waals surface area contributed by atoms with Crippen LogP contribution >= 0.6 is 0 Å². The first-order valence-corrected chi connectivity index (χ1v) is 10.9. The second-order valence-corrected chi connectivity index (χ2v) is 8.26. The van der Waals surface area contributed by atoms with Crippen LogP contribution in [-0.4, -0.2) is 43.5 Å². The summed E-state index contributed by atoms with van der Waals surface area (Å²) >= 11 is 0. The van der Waals surface area contributed by atoms with Gasteiger partial charge in [0.05, 0.1) is 24.5 Å². The predicted molar refractivity (Wildman–Crippen MR) is 129 cm³/mol. The number of nitrogens with one attached hydrogen (secondary N) is 2. The summed E-state index contributed by atoms with van der Waals surface area (Å²) in [4.78, 5) is 53.0. The van der Waals surface area contributed by atoms with Gasteiger partial charge in [0.15, 0.2) is 22.8 Å². The van der Waals surface area contributed by atoms with Gasteiger partial charge in [0.2, 0.25) is 5.95 Å². The molecule has 0 aliphatic rings. The molecule has 0 bridgehead atoms. The maximum absolute atomic E-state index is 12.7. The van der Waals surface area contributed by atoms with Crippen LogP contribution in [0.2, 0.25) is 0 Å². The minimum Gasteiger partial charge on any atom is -0.382 e. The summed E-state index contributed by atoms with van der Waals surface area (Å²) in [5.74, 6) is -0.553. The van der Waals surface area contributed by atoms with Gasteiger partial charge in [-0.3, -0.25) is 9.59 Å². The smallest absolute Gasteiger partial charge is 0.251 e. The number of nitrogens with two attached hydrogens (primary N) is 2. The molecule has 34 heavy (non-hydrogen) atoms. The molecule has 0 spiro atoms. The highest BCUT2D eigenvalue weighted by Crippen LogP contribution is 2.16. The van der Waals surface area contributed by atoms with E-state index in [-0.39, 0.29) is 48.0 Å². The van der Waals surface area contributed by atoms with Crippen LogP contribution in [0, 0.1) is 5.92 Å². The van der Waals surface area contributed by atoms with E-state index in [2.05, 4.69) is 30.6 Å². The Bertz CT molecular complexity index is 1210. The predicted octanol–water partition coefficient (Wildman–Crippen LogP) is 1.89. The Morgan fingerprint density at radius 1 is 1.03 bits per heavy atom. The van der Waals surface area contributed by atoms with Gasteiger partial charge in [0.1, 0.15) is 5.78 Å². The zero-order valence-corrected chi connectivity index (χ0v) is 19.3. The minimum absolute atomic E-state index is 0.0262. The fourth-order valence-corrected chi connectivity index (χ4v) is 3.28. The van der Waals surface area contributed by atoms with Crippen molar-refractivity contribution in [3.8, 4) is 0 Å². The lowest BCUT2D eigenvalue weighted by Gasteiger charge is -2.19. The normalized spacial score (nSPS) is 11.9. The molecule has 1 amide bonds. The number of aromatic nitrogens is 4. The lowest BCUT2D eigenvalue weighted by Crippen LogP contribution is -2.43. The van der Waals surface area contributed by atoms with E-state index in [4.69, 9.17) is 11.5 Å². The van der Waals surface area contributed by atoms with E-state index in [1.807, 2.05) is 0 Å². The molecule has 1 aromatic carbocycles. The van der Waals surface area contributed by atoms with Gasteiger partial charge in [0, 0.05) is 23.6 Å². The van der Waals surface area contributed by atoms with Crippen LogP contribution in [0.25, 0.3) is 11.2 Å². The van der Waals surface area contributed by atoms with E-state index >= 15 is 0 Å². The Balaban J connectivity index is 1.63. The van der Waals surface area contributed by atoms with Gasteiger partial charge in [-0.25, -0.2) is 9.97 Å². The molecule has 178 valence electrons. The minimum atomic E-state index is -0.701. The topological polar surface area (TPSA) is 179 Å². The van der Waals surface area contributed by atoms with Crippen LogP contribution in [0.5, 0.6) is 0 Å². The third kappa shape index (κ3) is 6.21. The summed E-state index contributed by atoms with van der Waals surface area (Å²) in [5, 5.41) is 5.96. The van der Waals surface area contributed by atoms with Crippen LogP contribution in [0.3, 0.4) is 0 Å². The van der Waals surface area contributed by atoms with E-state index in [0.29, 0.717) is 29.0 Å². The monoisotopic (exact) mass is 464 g/mol. The molecule has 0 saturated heterocycles. The third-order valence-corrected chi connectivity index (χ3v) is 5.12. The van der Waals surface area contributed by atoms with Crippen LogP contribution in [0.1, 0.15) is 49.7 Å². The number of benzene rings is 1. The van der Waals surface area contributed by atoms with Crippen molar-refractivity contribution in [2.75, 3.05) is 16.8 Å². The van der Waals surface area contributed by atoms with Gasteiger partial charge in [0.25, 0.3) is 5.91 Å². The Kier molecular flexibility index (Phi) is 7.67. The first-order valence-electron chi connectivity index (χ1n) is 10.9. The average Bonchev–Trinajstić information content (AvgIpc) is 2.80. The number of hydrogen-bond acceptors (Lipinski definition) is 10. The number of fused-ring (bicyclic) bond motifs is 1. The van der Waals surface area contributed by atoms with Crippen LogP contribution in [-0.2, 0) is 16.1 Å². The van der Waals surface area contributed by atoms with Crippen LogP contribution in [0.4, 0.5) is 17.5 Å². The number of rotatable bonds is 10. The van der Waals surface area contributed by atoms with Crippen molar-refractivity contribution in [3.63, 3.8) is 0 Å². The van der Waals surface area contributed by atoms with Gasteiger partial charge in [-0.05, 0) is 37.6 Å². The standard InChI is InChI=1S/C23H28N8O3/c1-12(2)19(33)17(9-4-13(3)32)29-22(34)14-5-7-15(8-6-14)26-10-16-11-27-21-18(28-16)20(24)30-23(25)31-21/h5-8,11-12,17,26H,4,9-10H2,1-3H3,(H,29,34)(H4,24,25,27,30,31). The highest BCUT2D eigenvalue weighted by molar-refractivity contribution is 5.98. The number of hydrogen-bond donors (Lipinski definition) is 4. The molecule has 0 radical (unpaired) electrons. The molecular formula is C23H28N8O3. The molecule has 11 heteroatoms. The molecule has 3 rings (SSSR count). The Labute approximate surface area is 196 Å². The number of anilines is 3. The molecule has 6 N–H and O–H groups in total. The van der Waals surface area contributed by atoms with E-state index in [1.54, 1.807) is 44.3 Å². The van der Waals surface area contributed by atoms with Gasteiger partial charge in [-0.2, -0.15) is 9.97 Å². The van der Waals surface area contributed by atoms with Crippen molar-refractivity contribution in [1.29, 1.82) is 0 Å². The second kappa shape index (κ2) is 10.6. The number of nitrogen functional groups attached to an aromatic ring is 2. The van der Waals surface area contributed by atoms with E-state index < -0.39 is 6.04 Å². The number of ketones is 2. The molecule has 0 fully saturated rings. The maximum atomic E-state index is 12.7. The lowest BCUT2D eigenvalue weighted by molar-refractivity contribution is -0.124. The van der Waals surface area contributed by atoms with Gasteiger partial charge in [-0.1, -0.05) is 13.8 Å². The molecule has 0 aliphatic heterocycles. The van der Waals surface area contributed by atoms with E-state index in [9.17, 15) is 14.4 Å². The van der Waals surface area contributed by atoms with Crippen molar-refractivity contribution >= 4 is 46.1 Å². The molecule has 1 atom stereocenters. The maximum Gasteiger partial charge on any atom is 0.251 e. The van der Waals surface area contributed by atoms with Crippen LogP contribution < -0.4 is 22.1 Å². The van der Waals surface area contributed by atoms with Crippen LogP contribution in [0.15, 0.2) is 30.5 Å². The number of nitrogens with zero attached hydrogens (tertiary/aromatic N) is 4. The van der Waals surface area contributed by atoms with Gasteiger partial charge in [-0.15, -0.1) is 0 Å². The van der Waals surface area contributed by atoms with Gasteiger partial charge < -0.3 is 26.9 Å². The lowest BCUT2D eigenvalue weighted by atomic mass is 9.96. The molecule has 0 saturated carbocycles. The highest BCUT2D eigenvalue weighted by atomic mass is 16.2. The molecule has 2 heterocycles. The summed E-state index contributed by atoms with van der Waals surface area (Å²) in [6.45, 7) is 5.36. The highest BCUT2D eigenvalue weighted by Gasteiger charge is 2.24. The zero-order valence-electron chi connectivity index (χ0n) is 19.3. The van der Waals surface area contributed by atoms with E-state index in [1.165, 1.54) is 6.92 Å². The number of carbonyl (C=O) groups is 3. The van der Waals surface area contributed by atoms with Crippen molar-refractivity contribution < 1.29 is 14.4 Å². The summed E-state index contributed by atoms with van der Waals surface area (Å²) < 4.78 is 0. The molecule has 0 aliphatic carbocycles. The van der Waals surface area contributed by atoms with Crippen molar-refractivity contribution in [3.05, 3.63) is 41.7 Å². The summed E-state index contributed by atoms with van der Waals surface area (Å²) in [6.07, 6.45) is 2.08. The average molecular weight is 465 g/mol. The van der Waals surface area contributed by atoms with Gasteiger partial charge >= 0.3 is 0 Å². The SMILES string of the molecule is CC(=O)CCC(NC(=O)c1ccc(NCc2cnc3nc(N)nc(N)c3n2)cc1)C(=O)C(C)C. The van der Waals surface area contributed by atoms with Crippen molar-refractivity contribution in [1.82, 2.24) is 25.3 Å². The molecule has 1 unspecified atom stereocenters. The Morgan fingerprint density at radius 3 is 2.38 bits per heavy atom. The number of amides is 1. The molecule has 11 nitrogen and oxygen atoms in total. The fraction of sp³-hybridized carbons (Fsp3) is 0.348. The molecule has 2 aromatic heterocycles. The summed E-state index contributed by atoms with van der Waals surface area (Å²) in [5.41, 5.74) is 13.9. The first kappa shape index (κ1) is 24.5. The summed E-state index contributed by atoms with van der Waals surface area (Å²) in [6, 6.07) is 6.10. The fourth-order valence-electron chi connectivity index (χ4n) is 3.28. The zero-order chi connectivity index (χ0) is 24.8. The number of Topliss-reactive ketones (excluding diaryl/α,β-unsaturated/α-hetero) is 2. The third-order valence-electron chi connectivity index (χ3n) is 5.12.